The molecule has 0 unspecified atom stereocenters. The first kappa shape index (κ1) is 25.2. The monoisotopic (exact) mass is 474 g/mol. The molecule has 0 heterocycles. The van der Waals surface area contributed by atoms with Gasteiger partial charge in [0.05, 0.1) is 0 Å². The summed E-state index contributed by atoms with van der Waals surface area (Å²) >= 11 is 1.74. The molecule has 0 saturated heterocycles. The van der Waals surface area contributed by atoms with E-state index in [9.17, 15) is 0 Å². The minimum absolute atomic E-state index is 0. The molecule has 0 aromatic heterocycles. The SMILES string of the molecule is C[Si](C)=[Zr+2].[C-]1=CC=CC1.[Cl-].[Cl-].c1ccc(-c2cccc3[cH-]ccc23)cc1. The Morgan fingerprint density at radius 1 is 0.962 bits per heavy atom. The molecule has 1 aliphatic carbocycles. The Balaban J connectivity index is 0.000000480. The summed E-state index contributed by atoms with van der Waals surface area (Å²) in [6.07, 6.45) is 10.0. The third kappa shape index (κ3) is 8.73. The second-order valence-electron chi connectivity index (χ2n) is 5.70. The van der Waals surface area contributed by atoms with Crippen LogP contribution < -0.4 is 24.8 Å². The van der Waals surface area contributed by atoms with Gasteiger partial charge in [0.1, 0.15) is 0 Å². The van der Waals surface area contributed by atoms with E-state index in [1.165, 1.54) is 21.9 Å². The van der Waals surface area contributed by atoms with Crippen LogP contribution in [0, 0.1) is 6.08 Å². The van der Waals surface area contributed by atoms with Crippen LogP contribution in [0.15, 0.2) is 85.0 Å². The van der Waals surface area contributed by atoms with Gasteiger partial charge in [-0.25, -0.2) is 12.2 Å². The van der Waals surface area contributed by atoms with Gasteiger partial charge in [-0.15, -0.1) is 35.4 Å². The molecule has 3 aromatic carbocycles. The van der Waals surface area contributed by atoms with Crippen LogP contribution in [0.25, 0.3) is 21.9 Å². The Labute approximate surface area is 185 Å². The van der Waals surface area contributed by atoms with Crippen LogP contribution in [-0.4, -0.2) is 5.43 Å². The van der Waals surface area contributed by atoms with E-state index >= 15 is 0 Å². The maximum atomic E-state index is 2.99. The van der Waals surface area contributed by atoms with Gasteiger partial charge in [-0.3, -0.25) is 6.08 Å². The van der Waals surface area contributed by atoms with Crippen LogP contribution in [0.5, 0.6) is 0 Å². The molecule has 0 bridgehead atoms. The summed E-state index contributed by atoms with van der Waals surface area (Å²) in [5.74, 6) is 0. The van der Waals surface area contributed by atoms with Crippen molar-refractivity contribution in [1.29, 1.82) is 0 Å². The number of allylic oxidation sites excluding steroid dienone is 4. The first-order valence-corrected chi connectivity index (χ1v) is 14.3. The van der Waals surface area contributed by atoms with E-state index < -0.39 is 0 Å². The molecule has 0 aliphatic heterocycles. The first-order chi connectivity index (χ1) is 11.7. The molecule has 4 heteroatoms. The van der Waals surface area contributed by atoms with Crippen molar-refractivity contribution >= 4 is 16.2 Å². The summed E-state index contributed by atoms with van der Waals surface area (Å²) in [5.41, 5.74) is 2.81. The molecule has 3 aromatic rings. The Morgan fingerprint density at radius 3 is 2.19 bits per heavy atom. The Morgan fingerprint density at radius 2 is 1.65 bits per heavy atom. The molecule has 0 nitrogen and oxygen atoms in total. The van der Waals surface area contributed by atoms with E-state index in [2.05, 4.69) is 92.0 Å². The van der Waals surface area contributed by atoms with Crippen molar-refractivity contribution in [3.63, 3.8) is 0 Å². The maximum Gasteiger partial charge on any atom is -0.0279 e. The summed E-state index contributed by atoms with van der Waals surface area (Å²) in [6, 6.07) is 23.4. The largest absolute Gasteiger partial charge is 1.00 e. The van der Waals surface area contributed by atoms with Crippen LogP contribution in [0.3, 0.4) is 0 Å². The van der Waals surface area contributed by atoms with Crippen molar-refractivity contribution in [2.75, 3.05) is 0 Å². The van der Waals surface area contributed by atoms with Gasteiger partial charge in [-0.2, -0.15) is 18.2 Å². The molecule has 4 rings (SSSR count). The summed E-state index contributed by atoms with van der Waals surface area (Å²) in [6.45, 7) is 4.62. The van der Waals surface area contributed by atoms with Crippen LogP contribution in [0.1, 0.15) is 6.42 Å². The molecule has 0 saturated carbocycles. The third-order valence-electron chi connectivity index (χ3n) is 3.35. The Bertz CT molecular complexity index is 821. The zero-order valence-corrected chi connectivity index (χ0v) is 20.0. The van der Waals surface area contributed by atoms with E-state index in [-0.39, 0.29) is 30.2 Å². The second-order valence-corrected chi connectivity index (χ2v) is 15.1. The molecule has 0 N–H and O–H groups in total. The molecule has 0 radical (unpaired) electrons. The van der Waals surface area contributed by atoms with E-state index in [4.69, 9.17) is 0 Å². The fraction of sp³-hybridized carbons (Fsp3) is 0.136. The molecular weight excluding hydrogens is 454 g/mol. The second kappa shape index (κ2) is 14.3. The number of hydrogen-bond acceptors (Lipinski definition) is 0. The van der Waals surface area contributed by atoms with Crippen molar-refractivity contribution in [3.05, 3.63) is 91.0 Å². The summed E-state index contributed by atoms with van der Waals surface area (Å²) in [5, 5.41) is 2.65. The number of hydrogen-bond donors (Lipinski definition) is 0. The van der Waals surface area contributed by atoms with Crippen LogP contribution in [0.2, 0.25) is 13.1 Å². The van der Waals surface area contributed by atoms with Gasteiger partial charge >= 0.3 is 41.9 Å². The van der Waals surface area contributed by atoms with Gasteiger partial charge in [0, 0.05) is 0 Å². The van der Waals surface area contributed by atoms with Crippen molar-refractivity contribution in [2.45, 2.75) is 19.5 Å². The fourth-order valence-electron chi connectivity index (χ4n) is 2.37. The smallest absolute Gasteiger partial charge is 0.0279 e. The minimum atomic E-state index is 0. The predicted molar refractivity (Wildman–Crippen MR) is 104 cm³/mol. The standard InChI is InChI=1S/C15H11.C5H5.C2H6Si.2ClH.Zr/c1-2-6-12(7-3-1)14-10-4-8-13-9-5-11-15(13)14;1-2-4-5-3-1;1-3-2;;;/h1-11H;1-3H,4H2;1-2H3;2*1H;/q2*-1;;;;+2/p-2. The van der Waals surface area contributed by atoms with Crippen molar-refractivity contribution in [1.82, 2.24) is 0 Å². The van der Waals surface area contributed by atoms with Gasteiger partial charge in [0.2, 0.25) is 0 Å². The summed E-state index contributed by atoms with van der Waals surface area (Å²) < 4.78 is 0. The zero-order chi connectivity index (χ0) is 17.2. The number of halogens is 2. The van der Waals surface area contributed by atoms with E-state index in [0.717, 1.165) is 6.42 Å². The third-order valence-corrected chi connectivity index (χ3v) is 3.35. The maximum absolute atomic E-state index is 2.99. The molecule has 0 spiro atoms. The fourth-order valence-corrected chi connectivity index (χ4v) is 2.37. The topological polar surface area (TPSA) is 0 Å². The van der Waals surface area contributed by atoms with Gasteiger partial charge in [0.25, 0.3) is 0 Å². The van der Waals surface area contributed by atoms with Crippen LogP contribution >= 0.6 is 0 Å². The van der Waals surface area contributed by atoms with Crippen LogP contribution in [0.4, 0.5) is 0 Å². The molecule has 1 aliphatic rings. The first-order valence-electron chi connectivity index (χ1n) is 8.12. The number of benzene rings is 2. The van der Waals surface area contributed by atoms with Crippen molar-refractivity contribution in [2.24, 2.45) is 0 Å². The Kier molecular flexibility index (Phi) is 13.9. The molecular formula is C22H22Cl2SiZr-2. The molecule has 26 heavy (non-hydrogen) atoms. The molecule has 0 amide bonds. The van der Waals surface area contributed by atoms with Gasteiger partial charge in [-0.05, 0) is 5.56 Å². The van der Waals surface area contributed by atoms with E-state index in [1.54, 1.807) is 23.3 Å². The van der Waals surface area contributed by atoms with Gasteiger partial charge in [0.15, 0.2) is 0 Å². The van der Waals surface area contributed by atoms with Crippen molar-refractivity contribution in [3.8, 4) is 11.1 Å². The quantitative estimate of drug-likeness (QED) is 0.351. The predicted octanol–water partition coefficient (Wildman–Crippen LogP) is 0.324. The molecule has 0 fully saturated rings. The summed E-state index contributed by atoms with van der Waals surface area (Å²) in [7, 11) is 0. The average molecular weight is 477 g/mol. The van der Waals surface area contributed by atoms with Gasteiger partial charge < -0.3 is 24.8 Å². The van der Waals surface area contributed by atoms with Gasteiger partial charge in [-0.1, -0.05) is 42.0 Å². The molecule has 0 atom stereocenters. The zero-order valence-electron chi connectivity index (χ0n) is 15.0. The Hall–Kier alpha value is -0.790. The normalized spacial score (nSPS) is 10.6. The number of rotatable bonds is 1. The van der Waals surface area contributed by atoms with E-state index in [0.29, 0.717) is 0 Å². The minimum Gasteiger partial charge on any atom is -1.00 e. The van der Waals surface area contributed by atoms with Crippen LogP contribution in [-0.2, 0) is 23.3 Å². The number of fused-ring (bicyclic) bond motifs is 1. The van der Waals surface area contributed by atoms with E-state index in [1.807, 2.05) is 12.2 Å². The average Bonchev–Trinajstić information content (AvgIpc) is 3.29. The summed E-state index contributed by atoms with van der Waals surface area (Å²) in [4.78, 5) is 0. The van der Waals surface area contributed by atoms with Crippen molar-refractivity contribution < 1.29 is 48.1 Å². The molecule has 134 valence electrons.